The van der Waals surface area contributed by atoms with Crippen molar-refractivity contribution >= 4 is 11.8 Å². The average Bonchev–Trinajstić information content (AvgIpc) is 2.76. The molecule has 0 aliphatic carbocycles. The van der Waals surface area contributed by atoms with Crippen LogP contribution in [0, 0.1) is 0 Å². The zero-order valence-electron chi connectivity index (χ0n) is 10.4. The van der Waals surface area contributed by atoms with Gasteiger partial charge in [0.15, 0.2) is 0 Å². The van der Waals surface area contributed by atoms with Crippen LogP contribution in [-0.2, 0) is 11.2 Å². The third-order valence-electron chi connectivity index (χ3n) is 2.93. The topological polar surface area (TPSA) is 21.3 Å². The van der Waals surface area contributed by atoms with E-state index in [1.54, 1.807) is 0 Å². The molecule has 1 aromatic carbocycles. The van der Waals surface area contributed by atoms with Gasteiger partial charge in [0.05, 0.1) is 0 Å². The predicted octanol–water partition coefficient (Wildman–Crippen LogP) is 2.72. The highest BCUT2D eigenvalue weighted by Crippen LogP contribution is 2.36. The largest absolute Gasteiger partial charge is 0.382 e. The second-order valence-corrected chi connectivity index (χ2v) is 5.65. The van der Waals surface area contributed by atoms with Crippen molar-refractivity contribution in [1.29, 1.82) is 0 Å². The molecule has 2 nitrogen and oxygen atoms in total. The molecule has 0 bridgehead atoms. The van der Waals surface area contributed by atoms with E-state index < -0.39 is 0 Å². The lowest BCUT2D eigenvalue weighted by Crippen LogP contribution is -2.26. The van der Waals surface area contributed by atoms with Crippen LogP contribution in [-0.4, -0.2) is 31.6 Å². The van der Waals surface area contributed by atoms with Crippen molar-refractivity contribution in [3.05, 3.63) is 29.8 Å². The highest BCUT2D eigenvalue weighted by molar-refractivity contribution is 8.00. The summed E-state index contributed by atoms with van der Waals surface area (Å²) in [6, 6.07) is 8.74. The van der Waals surface area contributed by atoms with Gasteiger partial charge in [-0.2, -0.15) is 0 Å². The third kappa shape index (κ3) is 4.02. The monoisotopic (exact) mass is 251 g/mol. The minimum absolute atomic E-state index is 0.708. The SMILES string of the molecule is CCOCCCNCC1Cc2ccccc2S1. The van der Waals surface area contributed by atoms with Gasteiger partial charge in [0.1, 0.15) is 0 Å². The van der Waals surface area contributed by atoms with Crippen molar-refractivity contribution in [3.63, 3.8) is 0 Å². The fourth-order valence-electron chi connectivity index (χ4n) is 2.07. The van der Waals surface area contributed by atoms with E-state index in [0.29, 0.717) is 5.25 Å². The number of benzene rings is 1. The summed E-state index contributed by atoms with van der Waals surface area (Å²) in [5.74, 6) is 0. The van der Waals surface area contributed by atoms with Gasteiger partial charge < -0.3 is 10.1 Å². The lowest BCUT2D eigenvalue weighted by molar-refractivity contribution is 0.145. The summed E-state index contributed by atoms with van der Waals surface area (Å²) < 4.78 is 5.31. The number of fused-ring (bicyclic) bond motifs is 1. The Balaban J connectivity index is 1.60. The molecular formula is C14H21NOS. The second kappa shape index (κ2) is 7.04. The van der Waals surface area contributed by atoms with Gasteiger partial charge in [-0.15, -0.1) is 11.8 Å². The van der Waals surface area contributed by atoms with Crippen LogP contribution < -0.4 is 5.32 Å². The molecule has 2 rings (SSSR count). The van der Waals surface area contributed by atoms with Crippen molar-refractivity contribution in [2.75, 3.05) is 26.3 Å². The van der Waals surface area contributed by atoms with Crippen LogP contribution in [0.5, 0.6) is 0 Å². The van der Waals surface area contributed by atoms with Crippen LogP contribution in [0.1, 0.15) is 18.9 Å². The molecule has 1 aromatic rings. The maximum absolute atomic E-state index is 5.31. The van der Waals surface area contributed by atoms with Gasteiger partial charge in [0, 0.05) is 29.9 Å². The van der Waals surface area contributed by atoms with Crippen LogP contribution in [0.3, 0.4) is 0 Å². The standard InChI is InChI=1S/C14H21NOS/c1-2-16-9-5-8-15-11-13-10-12-6-3-4-7-14(12)17-13/h3-4,6-7,13,15H,2,5,8-11H2,1H3. The lowest BCUT2D eigenvalue weighted by atomic mass is 10.1. The van der Waals surface area contributed by atoms with E-state index >= 15 is 0 Å². The molecule has 0 spiro atoms. The molecule has 0 saturated carbocycles. The van der Waals surface area contributed by atoms with Gasteiger partial charge in [-0.3, -0.25) is 0 Å². The zero-order chi connectivity index (χ0) is 11.9. The van der Waals surface area contributed by atoms with Crippen molar-refractivity contribution < 1.29 is 4.74 Å². The van der Waals surface area contributed by atoms with E-state index in [0.717, 1.165) is 32.7 Å². The summed E-state index contributed by atoms with van der Waals surface area (Å²) in [7, 11) is 0. The first-order valence-corrected chi connectivity index (χ1v) is 7.31. The van der Waals surface area contributed by atoms with Crippen LogP contribution in [0.2, 0.25) is 0 Å². The normalized spacial score (nSPS) is 18.3. The Morgan fingerprint density at radius 3 is 3.12 bits per heavy atom. The van der Waals surface area contributed by atoms with Crippen molar-refractivity contribution in [1.82, 2.24) is 5.32 Å². The van der Waals surface area contributed by atoms with E-state index in [2.05, 4.69) is 29.6 Å². The predicted molar refractivity (Wildman–Crippen MR) is 73.8 cm³/mol. The van der Waals surface area contributed by atoms with Crippen LogP contribution in [0.15, 0.2) is 29.2 Å². The summed E-state index contributed by atoms with van der Waals surface area (Å²) in [5, 5.41) is 4.23. The Kier molecular flexibility index (Phi) is 5.36. The summed E-state index contributed by atoms with van der Waals surface area (Å²) >= 11 is 2.01. The number of thioether (sulfide) groups is 1. The van der Waals surface area contributed by atoms with Gasteiger partial charge in [-0.1, -0.05) is 18.2 Å². The van der Waals surface area contributed by atoms with Gasteiger partial charge in [-0.05, 0) is 37.9 Å². The molecule has 1 atom stereocenters. The number of hydrogen-bond acceptors (Lipinski definition) is 3. The zero-order valence-corrected chi connectivity index (χ0v) is 11.3. The summed E-state index contributed by atoms with van der Waals surface area (Å²) in [4.78, 5) is 1.47. The van der Waals surface area contributed by atoms with Gasteiger partial charge in [-0.25, -0.2) is 0 Å². The fourth-order valence-corrected chi connectivity index (χ4v) is 3.36. The molecule has 0 radical (unpaired) electrons. The highest BCUT2D eigenvalue weighted by atomic mass is 32.2. The average molecular weight is 251 g/mol. The van der Waals surface area contributed by atoms with Gasteiger partial charge in [0.25, 0.3) is 0 Å². The van der Waals surface area contributed by atoms with E-state index in [4.69, 9.17) is 4.74 Å². The summed E-state index contributed by atoms with van der Waals surface area (Å²) in [6.07, 6.45) is 2.32. The molecule has 1 heterocycles. The third-order valence-corrected chi connectivity index (χ3v) is 4.25. The quantitative estimate of drug-likeness (QED) is 0.753. The molecular weight excluding hydrogens is 230 g/mol. The molecule has 0 fully saturated rings. The maximum Gasteiger partial charge on any atom is 0.0477 e. The van der Waals surface area contributed by atoms with Crippen LogP contribution in [0.4, 0.5) is 0 Å². The Bertz CT molecular complexity index is 318. The number of ether oxygens (including phenoxy) is 1. The van der Waals surface area contributed by atoms with E-state index in [1.165, 1.54) is 16.9 Å². The van der Waals surface area contributed by atoms with Crippen LogP contribution >= 0.6 is 11.8 Å². The Labute approximate surface area is 108 Å². The Morgan fingerprint density at radius 2 is 2.29 bits per heavy atom. The molecule has 94 valence electrons. The molecule has 1 aliphatic heterocycles. The minimum Gasteiger partial charge on any atom is -0.382 e. The van der Waals surface area contributed by atoms with Crippen molar-refractivity contribution in [2.45, 2.75) is 29.9 Å². The number of hydrogen-bond donors (Lipinski definition) is 1. The Morgan fingerprint density at radius 1 is 1.41 bits per heavy atom. The number of rotatable bonds is 7. The molecule has 0 aromatic heterocycles. The minimum atomic E-state index is 0.708. The van der Waals surface area contributed by atoms with E-state index in [1.807, 2.05) is 18.7 Å². The fraction of sp³-hybridized carbons (Fsp3) is 0.571. The molecule has 3 heteroatoms. The first-order valence-electron chi connectivity index (χ1n) is 6.43. The summed E-state index contributed by atoms with van der Waals surface area (Å²) in [5.41, 5.74) is 1.51. The molecule has 1 aliphatic rings. The van der Waals surface area contributed by atoms with Crippen molar-refractivity contribution in [3.8, 4) is 0 Å². The van der Waals surface area contributed by atoms with E-state index in [-0.39, 0.29) is 0 Å². The van der Waals surface area contributed by atoms with Crippen LogP contribution in [0.25, 0.3) is 0 Å². The van der Waals surface area contributed by atoms with Crippen molar-refractivity contribution in [2.24, 2.45) is 0 Å². The number of nitrogens with one attached hydrogen (secondary N) is 1. The molecule has 0 saturated heterocycles. The highest BCUT2D eigenvalue weighted by Gasteiger charge is 2.20. The lowest BCUT2D eigenvalue weighted by Gasteiger charge is -2.09. The summed E-state index contributed by atoms with van der Waals surface area (Å²) in [6.45, 7) is 5.91. The molecule has 1 unspecified atom stereocenters. The molecule has 17 heavy (non-hydrogen) atoms. The van der Waals surface area contributed by atoms with Gasteiger partial charge in [0.2, 0.25) is 0 Å². The first-order chi connectivity index (χ1) is 8.40. The molecule has 1 N–H and O–H groups in total. The Hall–Kier alpha value is -0.510. The molecule has 0 amide bonds. The smallest absolute Gasteiger partial charge is 0.0477 e. The van der Waals surface area contributed by atoms with E-state index in [9.17, 15) is 0 Å². The maximum atomic E-state index is 5.31. The first kappa shape index (κ1) is 12.9. The second-order valence-electron chi connectivity index (χ2n) is 4.31. The van der Waals surface area contributed by atoms with Gasteiger partial charge >= 0.3 is 0 Å².